The standard InChI is InChI=1S/C27H28FN3O2/c1-33-23-12-9-20-15-24(27(32)29-17-19-7-10-21(28)11-8-19)26-18-30(22-5-3-2-4-6-22)13-14-31(26)25(20)16-23/h2-12,16,24,26H,13-15,17-18H2,1H3,(H,29,32). The van der Waals surface area contributed by atoms with Gasteiger partial charge in [-0.3, -0.25) is 4.79 Å². The van der Waals surface area contributed by atoms with Gasteiger partial charge in [-0.05, 0) is 47.9 Å². The van der Waals surface area contributed by atoms with Crippen LogP contribution in [0.3, 0.4) is 0 Å². The monoisotopic (exact) mass is 445 g/mol. The number of nitrogens with zero attached hydrogens (tertiary/aromatic N) is 2. The average molecular weight is 446 g/mol. The summed E-state index contributed by atoms with van der Waals surface area (Å²) < 4.78 is 18.7. The number of fused-ring (bicyclic) bond motifs is 3. The van der Waals surface area contributed by atoms with E-state index in [0.29, 0.717) is 13.0 Å². The highest BCUT2D eigenvalue weighted by Crippen LogP contribution is 2.39. The van der Waals surface area contributed by atoms with Crippen molar-refractivity contribution in [2.75, 3.05) is 36.5 Å². The molecule has 2 atom stereocenters. The number of nitrogens with one attached hydrogen (secondary N) is 1. The quantitative estimate of drug-likeness (QED) is 0.645. The molecule has 1 saturated heterocycles. The third-order valence-corrected chi connectivity index (χ3v) is 6.76. The van der Waals surface area contributed by atoms with Crippen LogP contribution in [0.25, 0.3) is 0 Å². The van der Waals surface area contributed by atoms with Gasteiger partial charge in [-0.2, -0.15) is 0 Å². The van der Waals surface area contributed by atoms with E-state index in [1.807, 2.05) is 12.1 Å². The molecule has 0 saturated carbocycles. The van der Waals surface area contributed by atoms with Crippen LogP contribution in [0.15, 0.2) is 72.8 Å². The maximum absolute atomic E-state index is 13.4. The molecule has 33 heavy (non-hydrogen) atoms. The van der Waals surface area contributed by atoms with Crippen molar-refractivity contribution < 1.29 is 13.9 Å². The molecule has 0 spiro atoms. The summed E-state index contributed by atoms with van der Waals surface area (Å²) in [7, 11) is 1.68. The number of rotatable bonds is 5. The fourth-order valence-electron chi connectivity index (χ4n) is 5.00. The van der Waals surface area contributed by atoms with Gasteiger partial charge in [0.1, 0.15) is 11.6 Å². The Morgan fingerprint density at radius 3 is 2.61 bits per heavy atom. The van der Waals surface area contributed by atoms with Gasteiger partial charge in [0, 0.05) is 43.6 Å². The van der Waals surface area contributed by atoms with E-state index in [-0.39, 0.29) is 23.7 Å². The van der Waals surface area contributed by atoms with Gasteiger partial charge in [0.15, 0.2) is 0 Å². The summed E-state index contributed by atoms with van der Waals surface area (Å²) in [5, 5.41) is 3.10. The number of para-hydroxylation sites is 1. The molecule has 1 amide bonds. The van der Waals surface area contributed by atoms with Crippen LogP contribution >= 0.6 is 0 Å². The summed E-state index contributed by atoms with van der Waals surface area (Å²) >= 11 is 0. The third kappa shape index (κ3) is 4.38. The molecule has 0 bridgehead atoms. The smallest absolute Gasteiger partial charge is 0.225 e. The van der Waals surface area contributed by atoms with E-state index in [4.69, 9.17) is 4.74 Å². The second-order valence-electron chi connectivity index (χ2n) is 8.69. The van der Waals surface area contributed by atoms with Gasteiger partial charge in [-0.15, -0.1) is 0 Å². The first kappa shape index (κ1) is 21.3. The lowest BCUT2D eigenvalue weighted by Gasteiger charge is -2.49. The molecular weight excluding hydrogens is 417 g/mol. The lowest BCUT2D eigenvalue weighted by Crippen LogP contribution is -2.61. The Labute approximate surface area is 193 Å². The minimum absolute atomic E-state index is 0.0331. The molecule has 2 aliphatic heterocycles. The van der Waals surface area contributed by atoms with Crippen molar-refractivity contribution in [1.29, 1.82) is 0 Å². The molecule has 5 rings (SSSR count). The number of benzene rings is 3. The number of carbonyl (C=O) groups excluding carboxylic acids is 1. The molecule has 1 fully saturated rings. The Morgan fingerprint density at radius 2 is 1.85 bits per heavy atom. The third-order valence-electron chi connectivity index (χ3n) is 6.76. The van der Waals surface area contributed by atoms with E-state index in [2.05, 4.69) is 51.5 Å². The van der Waals surface area contributed by atoms with E-state index >= 15 is 0 Å². The van der Waals surface area contributed by atoms with Gasteiger partial charge in [0.05, 0.1) is 19.1 Å². The number of piperazine rings is 1. The Balaban J connectivity index is 1.41. The minimum atomic E-state index is -0.275. The zero-order chi connectivity index (χ0) is 22.8. The summed E-state index contributed by atoms with van der Waals surface area (Å²) in [5.74, 6) is 0.406. The number of hydrogen-bond donors (Lipinski definition) is 1. The van der Waals surface area contributed by atoms with E-state index < -0.39 is 0 Å². The van der Waals surface area contributed by atoms with Crippen LogP contribution in [0, 0.1) is 11.7 Å². The van der Waals surface area contributed by atoms with Gasteiger partial charge in [0.2, 0.25) is 5.91 Å². The zero-order valence-corrected chi connectivity index (χ0v) is 18.7. The van der Waals surface area contributed by atoms with E-state index in [1.54, 1.807) is 19.2 Å². The molecular formula is C27H28FN3O2. The van der Waals surface area contributed by atoms with Crippen LogP contribution in [0.2, 0.25) is 0 Å². The molecule has 2 heterocycles. The molecule has 2 unspecified atom stereocenters. The SMILES string of the molecule is COc1ccc2c(c1)N1CCN(c3ccccc3)CC1C(C(=O)NCc1ccc(F)cc1)C2. The molecule has 0 aromatic heterocycles. The lowest BCUT2D eigenvalue weighted by atomic mass is 9.83. The fourth-order valence-corrected chi connectivity index (χ4v) is 5.00. The molecule has 0 radical (unpaired) electrons. The predicted molar refractivity (Wildman–Crippen MR) is 128 cm³/mol. The number of amides is 1. The van der Waals surface area contributed by atoms with Crippen LogP contribution in [0.1, 0.15) is 11.1 Å². The summed E-state index contributed by atoms with van der Waals surface area (Å²) in [6.45, 7) is 2.89. The van der Waals surface area contributed by atoms with Gasteiger partial charge in [-0.1, -0.05) is 36.4 Å². The van der Waals surface area contributed by atoms with Crippen molar-refractivity contribution in [2.45, 2.75) is 19.0 Å². The molecule has 5 nitrogen and oxygen atoms in total. The predicted octanol–water partition coefficient (Wildman–Crippen LogP) is 4.02. The van der Waals surface area contributed by atoms with Crippen molar-refractivity contribution in [1.82, 2.24) is 5.32 Å². The second-order valence-corrected chi connectivity index (χ2v) is 8.69. The number of hydrogen-bond acceptors (Lipinski definition) is 4. The summed E-state index contributed by atoms with van der Waals surface area (Å²) in [6, 6.07) is 22.8. The topological polar surface area (TPSA) is 44.8 Å². The number of halogens is 1. The number of carbonyl (C=O) groups is 1. The normalized spacial score (nSPS) is 19.5. The Kier molecular flexibility index (Phi) is 5.90. The zero-order valence-electron chi connectivity index (χ0n) is 18.7. The maximum atomic E-state index is 13.4. The van der Waals surface area contributed by atoms with Crippen LogP contribution in [0.4, 0.5) is 15.8 Å². The summed E-state index contributed by atoms with van der Waals surface area (Å²) in [5.41, 5.74) is 4.40. The van der Waals surface area contributed by atoms with Crippen molar-refractivity contribution in [3.8, 4) is 5.75 Å². The minimum Gasteiger partial charge on any atom is -0.497 e. The molecule has 3 aromatic rings. The molecule has 6 heteroatoms. The molecule has 0 aliphatic carbocycles. The highest BCUT2D eigenvalue weighted by atomic mass is 19.1. The first-order valence-corrected chi connectivity index (χ1v) is 11.4. The van der Waals surface area contributed by atoms with E-state index in [1.165, 1.54) is 23.4 Å². The van der Waals surface area contributed by atoms with Crippen molar-refractivity contribution in [3.63, 3.8) is 0 Å². The number of anilines is 2. The van der Waals surface area contributed by atoms with Crippen LogP contribution in [-0.4, -0.2) is 38.7 Å². The first-order chi connectivity index (χ1) is 16.1. The van der Waals surface area contributed by atoms with Crippen LogP contribution < -0.4 is 19.9 Å². The number of ether oxygens (including phenoxy) is 1. The van der Waals surface area contributed by atoms with Gasteiger partial charge in [-0.25, -0.2) is 4.39 Å². The second kappa shape index (κ2) is 9.14. The molecule has 2 aliphatic rings. The summed E-state index contributed by atoms with van der Waals surface area (Å²) in [6.07, 6.45) is 0.679. The Hall–Kier alpha value is -3.54. The lowest BCUT2D eigenvalue weighted by molar-refractivity contribution is -0.126. The maximum Gasteiger partial charge on any atom is 0.225 e. The Bertz CT molecular complexity index is 1120. The average Bonchev–Trinajstić information content (AvgIpc) is 2.87. The molecule has 3 aromatic carbocycles. The molecule has 170 valence electrons. The number of methoxy groups -OCH3 is 1. The first-order valence-electron chi connectivity index (χ1n) is 11.4. The van der Waals surface area contributed by atoms with Crippen LogP contribution in [0.5, 0.6) is 5.75 Å². The van der Waals surface area contributed by atoms with Crippen molar-refractivity contribution >= 4 is 17.3 Å². The van der Waals surface area contributed by atoms with E-state index in [9.17, 15) is 9.18 Å². The van der Waals surface area contributed by atoms with Crippen molar-refractivity contribution in [3.05, 3.63) is 89.7 Å². The summed E-state index contributed by atoms with van der Waals surface area (Å²) in [4.78, 5) is 18.2. The highest BCUT2D eigenvalue weighted by Gasteiger charge is 2.41. The van der Waals surface area contributed by atoms with E-state index in [0.717, 1.165) is 36.6 Å². The van der Waals surface area contributed by atoms with Crippen molar-refractivity contribution in [2.24, 2.45) is 5.92 Å². The highest BCUT2D eigenvalue weighted by molar-refractivity contribution is 5.82. The largest absolute Gasteiger partial charge is 0.497 e. The molecule has 1 N–H and O–H groups in total. The van der Waals surface area contributed by atoms with Crippen LogP contribution in [-0.2, 0) is 17.8 Å². The Morgan fingerprint density at radius 1 is 1.06 bits per heavy atom. The fraction of sp³-hybridized carbons (Fsp3) is 0.296. The van der Waals surface area contributed by atoms with Gasteiger partial charge < -0.3 is 19.9 Å². The van der Waals surface area contributed by atoms with Gasteiger partial charge >= 0.3 is 0 Å². The van der Waals surface area contributed by atoms with Gasteiger partial charge in [0.25, 0.3) is 0 Å².